The summed E-state index contributed by atoms with van der Waals surface area (Å²) in [6.45, 7) is 0. The normalized spacial score (nSPS) is 11.2. The van der Waals surface area contributed by atoms with Gasteiger partial charge in [0, 0.05) is 11.3 Å². The molecule has 1 amide bonds. The highest BCUT2D eigenvalue weighted by Gasteiger charge is 2.10. The highest BCUT2D eigenvalue weighted by atomic mass is 35.5. The first-order valence-corrected chi connectivity index (χ1v) is 7.59. The van der Waals surface area contributed by atoms with Crippen molar-refractivity contribution in [1.82, 2.24) is 0 Å². The number of hydrogen-bond acceptors (Lipinski definition) is 3. The van der Waals surface area contributed by atoms with Crippen LogP contribution >= 0.6 is 11.6 Å². The zero-order valence-electron chi connectivity index (χ0n) is 10.5. The Morgan fingerprint density at radius 2 is 1.76 bits per heavy atom. The number of amides is 1. The Morgan fingerprint density at radius 3 is 2.29 bits per heavy atom. The molecule has 0 atom stereocenters. The second kappa shape index (κ2) is 5.80. The maximum Gasteiger partial charge on any atom is 0.255 e. The van der Waals surface area contributed by atoms with E-state index in [1.165, 1.54) is 36.4 Å². The first kappa shape index (κ1) is 15.4. The zero-order chi connectivity index (χ0) is 15.6. The van der Waals surface area contributed by atoms with Gasteiger partial charge in [-0.2, -0.15) is 0 Å². The van der Waals surface area contributed by atoms with Gasteiger partial charge in [0.25, 0.3) is 5.91 Å². The molecule has 0 saturated heterocycles. The van der Waals surface area contributed by atoms with Crippen LogP contribution in [-0.2, 0) is 10.0 Å². The smallest absolute Gasteiger partial charge is 0.255 e. The Bertz CT molecular complexity index is 792. The number of sulfonamides is 1. The van der Waals surface area contributed by atoms with E-state index in [2.05, 4.69) is 5.32 Å². The fourth-order valence-electron chi connectivity index (χ4n) is 1.57. The van der Waals surface area contributed by atoms with Gasteiger partial charge in [-0.3, -0.25) is 4.79 Å². The van der Waals surface area contributed by atoms with Crippen LogP contribution in [0.3, 0.4) is 0 Å². The van der Waals surface area contributed by atoms with Crippen molar-refractivity contribution < 1.29 is 17.6 Å². The molecule has 0 aliphatic heterocycles. The largest absolute Gasteiger partial charge is 0.322 e. The predicted molar refractivity (Wildman–Crippen MR) is 77.2 cm³/mol. The van der Waals surface area contributed by atoms with Crippen LogP contribution in [-0.4, -0.2) is 14.3 Å². The van der Waals surface area contributed by atoms with E-state index in [0.717, 1.165) is 6.07 Å². The SMILES string of the molecule is NS(=O)(=O)c1ccc(NC(=O)c2ccc(F)c(Cl)c2)cc1. The summed E-state index contributed by atoms with van der Waals surface area (Å²) in [5.41, 5.74) is 0.546. The lowest BCUT2D eigenvalue weighted by molar-refractivity contribution is 0.102. The Hall–Kier alpha value is -1.96. The molecule has 0 saturated carbocycles. The molecule has 3 N–H and O–H groups in total. The molecule has 8 heteroatoms. The first-order chi connectivity index (χ1) is 9.77. The van der Waals surface area contributed by atoms with E-state index in [0.29, 0.717) is 5.69 Å². The quantitative estimate of drug-likeness (QED) is 0.906. The molecule has 0 aliphatic carbocycles. The molecule has 2 aromatic rings. The fourth-order valence-corrected chi connectivity index (χ4v) is 2.26. The molecular weight excluding hydrogens is 319 g/mol. The van der Waals surface area contributed by atoms with Gasteiger partial charge in [-0.15, -0.1) is 0 Å². The number of nitrogens with two attached hydrogens (primary N) is 1. The Labute approximate surface area is 125 Å². The molecule has 2 rings (SSSR count). The van der Waals surface area contributed by atoms with E-state index in [1.807, 2.05) is 0 Å². The summed E-state index contributed by atoms with van der Waals surface area (Å²) >= 11 is 5.60. The molecule has 0 unspecified atom stereocenters. The Kier molecular flexibility index (Phi) is 4.26. The lowest BCUT2D eigenvalue weighted by Crippen LogP contribution is -2.14. The first-order valence-electron chi connectivity index (χ1n) is 5.66. The maximum atomic E-state index is 13.0. The van der Waals surface area contributed by atoms with Crippen molar-refractivity contribution in [2.45, 2.75) is 4.90 Å². The number of primary sulfonamides is 1. The highest BCUT2D eigenvalue weighted by molar-refractivity contribution is 7.89. The van der Waals surface area contributed by atoms with Gasteiger partial charge in [-0.1, -0.05) is 11.6 Å². The second-order valence-electron chi connectivity index (χ2n) is 4.15. The summed E-state index contributed by atoms with van der Waals surface area (Å²) in [6, 6.07) is 8.89. The average Bonchev–Trinajstić information content (AvgIpc) is 2.41. The molecular formula is C13H10ClFN2O3S. The van der Waals surface area contributed by atoms with Crippen molar-refractivity contribution in [3.63, 3.8) is 0 Å². The second-order valence-corrected chi connectivity index (χ2v) is 6.12. The molecule has 5 nitrogen and oxygen atoms in total. The van der Waals surface area contributed by atoms with Gasteiger partial charge in [-0.05, 0) is 42.5 Å². The molecule has 0 aromatic heterocycles. The molecule has 0 bridgehead atoms. The summed E-state index contributed by atoms with van der Waals surface area (Å²) in [5, 5.41) is 7.33. The van der Waals surface area contributed by atoms with E-state index in [4.69, 9.17) is 16.7 Å². The number of halogens is 2. The van der Waals surface area contributed by atoms with Gasteiger partial charge in [-0.25, -0.2) is 17.9 Å². The van der Waals surface area contributed by atoms with E-state index >= 15 is 0 Å². The minimum atomic E-state index is -3.78. The van der Waals surface area contributed by atoms with Crippen molar-refractivity contribution in [2.75, 3.05) is 5.32 Å². The molecule has 110 valence electrons. The minimum Gasteiger partial charge on any atom is -0.322 e. The third kappa shape index (κ3) is 3.78. The summed E-state index contributed by atoms with van der Waals surface area (Å²) in [4.78, 5) is 11.9. The van der Waals surface area contributed by atoms with Gasteiger partial charge in [0.1, 0.15) is 5.82 Å². The summed E-state index contributed by atoms with van der Waals surface area (Å²) < 4.78 is 35.2. The van der Waals surface area contributed by atoms with Crippen LogP contribution in [0.2, 0.25) is 5.02 Å². The number of rotatable bonds is 3. The Morgan fingerprint density at radius 1 is 1.14 bits per heavy atom. The zero-order valence-corrected chi connectivity index (χ0v) is 12.1. The van der Waals surface area contributed by atoms with E-state index < -0.39 is 21.7 Å². The number of anilines is 1. The van der Waals surface area contributed by atoms with Crippen molar-refractivity contribution in [3.05, 3.63) is 58.9 Å². The van der Waals surface area contributed by atoms with Crippen molar-refractivity contribution in [2.24, 2.45) is 5.14 Å². The standard InChI is InChI=1S/C13H10ClFN2O3S/c14-11-7-8(1-6-12(11)15)13(18)17-9-2-4-10(5-3-9)21(16,19)20/h1-7H,(H,17,18)(H2,16,19,20). The summed E-state index contributed by atoms with van der Waals surface area (Å²) in [7, 11) is -3.78. The number of carbonyl (C=O) groups is 1. The van der Waals surface area contributed by atoms with Crippen LogP contribution in [0.15, 0.2) is 47.4 Å². The van der Waals surface area contributed by atoms with Crippen LogP contribution in [0.5, 0.6) is 0 Å². The van der Waals surface area contributed by atoms with Crippen LogP contribution in [0.1, 0.15) is 10.4 Å². The van der Waals surface area contributed by atoms with Crippen LogP contribution in [0, 0.1) is 5.82 Å². The predicted octanol–water partition coefficient (Wildman–Crippen LogP) is 2.38. The third-order valence-corrected chi connectivity index (χ3v) is 3.84. The van der Waals surface area contributed by atoms with Crippen molar-refractivity contribution in [1.29, 1.82) is 0 Å². The summed E-state index contributed by atoms with van der Waals surface area (Å²) in [5.74, 6) is -1.12. The molecule has 21 heavy (non-hydrogen) atoms. The number of hydrogen-bond donors (Lipinski definition) is 2. The molecule has 0 radical (unpaired) electrons. The molecule has 0 spiro atoms. The van der Waals surface area contributed by atoms with Gasteiger partial charge < -0.3 is 5.32 Å². The lowest BCUT2D eigenvalue weighted by Gasteiger charge is -2.06. The van der Waals surface area contributed by atoms with Gasteiger partial charge >= 0.3 is 0 Å². The highest BCUT2D eigenvalue weighted by Crippen LogP contribution is 2.18. The monoisotopic (exact) mass is 328 g/mol. The topological polar surface area (TPSA) is 89.3 Å². The van der Waals surface area contributed by atoms with Crippen LogP contribution in [0.4, 0.5) is 10.1 Å². The molecule has 0 aliphatic rings. The van der Waals surface area contributed by atoms with Crippen molar-refractivity contribution in [3.8, 4) is 0 Å². The van der Waals surface area contributed by atoms with E-state index in [1.54, 1.807) is 0 Å². The third-order valence-electron chi connectivity index (χ3n) is 2.62. The number of carbonyl (C=O) groups excluding carboxylic acids is 1. The van der Waals surface area contributed by atoms with Crippen LogP contribution in [0.25, 0.3) is 0 Å². The van der Waals surface area contributed by atoms with Gasteiger partial charge in [0.2, 0.25) is 10.0 Å². The maximum absolute atomic E-state index is 13.0. The van der Waals surface area contributed by atoms with E-state index in [-0.39, 0.29) is 15.5 Å². The van der Waals surface area contributed by atoms with Crippen LogP contribution < -0.4 is 10.5 Å². The van der Waals surface area contributed by atoms with Gasteiger partial charge in [0.05, 0.1) is 9.92 Å². The number of benzene rings is 2. The molecule has 2 aromatic carbocycles. The number of nitrogens with one attached hydrogen (secondary N) is 1. The van der Waals surface area contributed by atoms with E-state index in [9.17, 15) is 17.6 Å². The molecule has 0 fully saturated rings. The summed E-state index contributed by atoms with van der Waals surface area (Å²) in [6.07, 6.45) is 0. The average molecular weight is 329 g/mol. The fraction of sp³-hybridized carbons (Fsp3) is 0. The van der Waals surface area contributed by atoms with Gasteiger partial charge in [0.15, 0.2) is 0 Å². The molecule has 0 heterocycles. The van der Waals surface area contributed by atoms with Crippen molar-refractivity contribution >= 4 is 33.2 Å². The lowest BCUT2D eigenvalue weighted by atomic mass is 10.2. The minimum absolute atomic E-state index is 0.0645. The Balaban J connectivity index is 2.18.